The Bertz CT molecular complexity index is 812. The van der Waals surface area contributed by atoms with Crippen molar-refractivity contribution in [3.05, 3.63) is 57.6 Å². The summed E-state index contributed by atoms with van der Waals surface area (Å²) in [6, 6.07) is 8.52. The SMILES string of the molecule is CCCc1cc(C)cc(C(c2cc(C)cc(CCC)c2O)C(CC)CC(C)(C)C)c1O. The van der Waals surface area contributed by atoms with Gasteiger partial charge in [-0.3, -0.25) is 0 Å². The van der Waals surface area contributed by atoms with Gasteiger partial charge < -0.3 is 10.2 Å². The molecule has 2 aromatic carbocycles. The maximum Gasteiger partial charge on any atom is 0.122 e. The summed E-state index contributed by atoms with van der Waals surface area (Å²) in [5.41, 5.74) is 6.51. The minimum absolute atomic E-state index is 0.0322. The zero-order valence-electron chi connectivity index (χ0n) is 21.1. The minimum atomic E-state index is -0.0322. The number of aryl methyl sites for hydroxylation is 4. The zero-order chi connectivity index (χ0) is 23.3. The third kappa shape index (κ3) is 6.28. The van der Waals surface area contributed by atoms with Gasteiger partial charge in [-0.1, -0.05) is 96.2 Å². The summed E-state index contributed by atoms with van der Waals surface area (Å²) in [5, 5.41) is 22.7. The zero-order valence-corrected chi connectivity index (χ0v) is 21.1. The van der Waals surface area contributed by atoms with Gasteiger partial charge in [0, 0.05) is 17.0 Å². The molecule has 0 amide bonds. The maximum atomic E-state index is 11.4. The van der Waals surface area contributed by atoms with Crippen LogP contribution in [0.5, 0.6) is 11.5 Å². The molecule has 0 fully saturated rings. The van der Waals surface area contributed by atoms with E-state index in [1.54, 1.807) is 0 Å². The van der Waals surface area contributed by atoms with E-state index in [0.29, 0.717) is 17.4 Å². The van der Waals surface area contributed by atoms with Crippen LogP contribution in [0.25, 0.3) is 0 Å². The molecule has 2 nitrogen and oxygen atoms in total. The predicted molar refractivity (Wildman–Crippen MR) is 133 cm³/mol. The van der Waals surface area contributed by atoms with Gasteiger partial charge in [0.15, 0.2) is 0 Å². The number of benzene rings is 2. The molecule has 0 saturated carbocycles. The normalized spacial score (nSPS) is 13.1. The van der Waals surface area contributed by atoms with Gasteiger partial charge in [0.2, 0.25) is 0 Å². The Kier molecular flexibility index (Phi) is 8.63. The maximum absolute atomic E-state index is 11.4. The Labute approximate surface area is 190 Å². The molecule has 0 saturated heterocycles. The summed E-state index contributed by atoms with van der Waals surface area (Å²) < 4.78 is 0. The highest BCUT2D eigenvalue weighted by atomic mass is 16.3. The molecule has 0 radical (unpaired) electrons. The Morgan fingerprint density at radius 2 is 1.16 bits per heavy atom. The number of rotatable bonds is 9. The van der Waals surface area contributed by atoms with Gasteiger partial charge in [0.1, 0.15) is 11.5 Å². The molecular formula is C29H44O2. The largest absolute Gasteiger partial charge is 0.507 e. The number of hydrogen-bond donors (Lipinski definition) is 2. The number of phenols is 2. The van der Waals surface area contributed by atoms with E-state index >= 15 is 0 Å². The first kappa shape index (κ1) is 25.3. The lowest BCUT2D eigenvalue weighted by Crippen LogP contribution is -2.21. The molecule has 2 rings (SSSR count). The van der Waals surface area contributed by atoms with Gasteiger partial charge in [0.05, 0.1) is 0 Å². The highest BCUT2D eigenvalue weighted by molar-refractivity contribution is 5.54. The molecule has 0 aliphatic heterocycles. The van der Waals surface area contributed by atoms with E-state index in [0.717, 1.165) is 60.8 Å². The Hall–Kier alpha value is -1.96. The first-order valence-corrected chi connectivity index (χ1v) is 12.2. The van der Waals surface area contributed by atoms with Crippen molar-refractivity contribution in [1.29, 1.82) is 0 Å². The Morgan fingerprint density at radius 3 is 1.48 bits per heavy atom. The van der Waals surface area contributed by atoms with Gasteiger partial charge in [-0.2, -0.15) is 0 Å². The van der Waals surface area contributed by atoms with Crippen LogP contribution in [0.4, 0.5) is 0 Å². The summed E-state index contributed by atoms with van der Waals surface area (Å²) >= 11 is 0. The molecule has 1 unspecified atom stereocenters. The first-order chi connectivity index (χ1) is 14.5. The topological polar surface area (TPSA) is 40.5 Å². The van der Waals surface area contributed by atoms with Crippen LogP contribution in [-0.4, -0.2) is 10.2 Å². The van der Waals surface area contributed by atoms with Gasteiger partial charge in [-0.15, -0.1) is 0 Å². The molecule has 0 aliphatic carbocycles. The van der Waals surface area contributed by atoms with Crippen molar-refractivity contribution in [2.75, 3.05) is 0 Å². The van der Waals surface area contributed by atoms with Crippen LogP contribution in [-0.2, 0) is 12.8 Å². The molecule has 2 aromatic rings. The lowest BCUT2D eigenvalue weighted by Gasteiger charge is -2.34. The molecule has 0 aromatic heterocycles. The number of hydrogen-bond acceptors (Lipinski definition) is 2. The van der Waals surface area contributed by atoms with Crippen molar-refractivity contribution in [1.82, 2.24) is 0 Å². The summed E-state index contributed by atoms with van der Waals surface area (Å²) in [5.74, 6) is 1.13. The van der Waals surface area contributed by atoms with E-state index in [2.05, 4.69) is 79.7 Å². The second kappa shape index (κ2) is 10.6. The average Bonchev–Trinajstić information content (AvgIpc) is 2.67. The van der Waals surface area contributed by atoms with Crippen LogP contribution in [0.15, 0.2) is 24.3 Å². The molecule has 0 bridgehead atoms. The second-order valence-electron chi connectivity index (χ2n) is 10.6. The quantitative estimate of drug-likeness (QED) is 0.426. The molecule has 0 aliphatic rings. The molecule has 1 atom stereocenters. The highest BCUT2D eigenvalue weighted by Gasteiger charge is 2.32. The third-order valence-electron chi connectivity index (χ3n) is 6.30. The lowest BCUT2D eigenvalue weighted by molar-refractivity contribution is 0.264. The van der Waals surface area contributed by atoms with E-state index in [-0.39, 0.29) is 11.3 Å². The first-order valence-electron chi connectivity index (χ1n) is 12.2. The fourth-order valence-electron chi connectivity index (χ4n) is 5.12. The van der Waals surface area contributed by atoms with Crippen LogP contribution in [0, 0.1) is 25.2 Å². The average molecular weight is 425 g/mol. The van der Waals surface area contributed by atoms with Gasteiger partial charge >= 0.3 is 0 Å². The van der Waals surface area contributed by atoms with Crippen LogP contribution in [0.2, 0.25) is 0 Å². The fourth-order valence-corrected chi connectivity index (χ4v) is 5.12. The third-order valence-corrected chi connectivity index (χ3v) is 6.30. The van der Waals surface area contributed by atoms with E-state index < -0.39 is 0 Å². The van der Waals surface area contributed by atoms with Crippen LogP contribution < -0.4 is 0 Å². The molecule has 2 heteroatoms. The van der Waals surface area contributed by atoms with Crippen LogP contribution in [0.3, 0.4) is 0 Å². The smallest absolute Gasteiger partial charge is 0.122 e. The van der Waals surface area contributed by atoms with Crippen molar-refractivity contribution < 1.29 is 10.2 Å². The van der Waals surface area contributed by atoms with Crippen molar-refractivity contribution in [3.8, 4) is 11.5 Å². The van der Waals surface area contributed by atoms with E-state index in [9.17, 15) is 10.2 Å². The summed E-state index contributed by atoms with van der Waals surface area (Å²) in [4.78, 5) is 0. The summed E-state index contributed by atoms with van der Waals surface area (Å²) in [6.07, 6.45) is 5.75. The van der Waals surface area contributed by atoms with Gasteiger partial charge in [0.25, 0.3) is 0 Å². The standard InChI is InChI=1S/C29H44O2/c1-9-12-22-14-19(4)16-24(27(22)30)26(21(11-3)18-29(6,7)8)25-17-20(5)15-23(13-10-2)28(25)31/h14-17,21,26,30-31H,9-13,18H2,1-8H3. The minimum Gasteiger partial charge on any atom is -0.507 e. The van der Waals surface area contributed by atoms with E-state index in [1.807, 2.05) is 0 Å². The van der Waals surface area contributed by atoms with Crippen LogP contribution >= 0.6 is 0 Å². The van der Waals surface area contributed by atoms with Crippen molar-refractivity contribution in [2.24, 2.45) is 11.3 Å². The van der Waals surface area contributed by atoms with Crippen molar-refractivity contribution in [3.63, 3.8) is 0 Å². The number of aromatic hydroxyl groups is 2. The highest BCUT2D eigenvalue weighted by Crippen LogP contribution is 2.48. The molecule has 2 N–H and O–H groups in total. The molecule has 31 heavy (non-hydrogen) atoms. The van der Waals surface area contributed by atoms with E-state index in [1.165, 1.54) is 11.1 Å². The van der Waals surface area contributed by atoms with Crippen LogP contribution in [0.1, 0.15) is 107 Å². The predicted octanol–water partition coefficient (Wildman–Crippen LogP) is 8.21. The summed E-state index contributed by atoms with van der Waals surface area (Å²) in [6.45, 7) is 17.6. The Balaban J connectivity index is 2.81. The van der Waals surface area contributed by atoms with Gasteiger partial charge in [-0.25, -0.2) is 0 Å². The molecule has 0 heterocycles. The van der Waals surface area contributed by atoms with Crippen molar-refractivity contribution >= 4 is 0 Å². The Morgan fingerprint density at radius 1 is 0.742 bits per heavy atom. The van der Waals surface area contributed by atoms with E-state index in [4.69, 9.17) is 0 Å². The molecular weight excluding hydrogens is 380 g/mol. The fraction of sp³-hybridized carbons (Fsp3) is 0.586. The van der Waals surface area contributed by atoms with Crippen molar-refractivity contribution in [2.45, 2.75) is 99.8 Å². The molecule has 0 spiro atoms. The van der Waals surface area contributed by atoms with Gasteiger partial charge in [-0.05, 0) is 55.6 Å². The summed E-state index contributed by atoms with van der Waals surface area (Å²) in [7, 11) is 0. The second-order valence-corrected chi connectivity index (χ2v) is 10.6. The number of phenolic OH excluding ortho intramolecular Hbond substituents is 2. The lowest BCUT2D eigenvalue weighted by atomic mass is 9.71. The monoisotopic (exact) mass is 424 g/mol. The molecule has 172 valence electrons.